The molecule has 0 saturated carbocycles. The van der Waals surface area contributed by atoms with Crippen molar-refractivity contribution in [3.63, 3.8) is 0 Å². The van der Waals surface area contributed by atoms with Crippen LogP contribution in [0.5, 0.6) is 0 Å². The second kappa shape index (κ2) is 3.05. The summed E-state index contributed by atoms with van der Waals surface area (Å²) in [6, 6.07) is 0. The third-order valence-corrected chi connectivity index (χ3v) is 1.26. The fourth-order valence-corrected chi connectivity index (χ4v) is 0.491. The number of alkyl halides is 2. The average Bonchev–Trinajstić information content (AvgIpc) is 1.86. The van der Waals surface area contributed by atoms with E-state index >= 15 is 0 Å². The Kier molecular flexibility index (Phi) is 2.90. The van der Waals surface area contributed by atoms with Gasteiger partial charge in [0.05, 0.1) is 0 Å². The Morgan fingerprint density at radius 3 is 2.20 bits per heavy atom. The first-order chi connectivity index (χ1) is 4.41. The highest BCUT2D eigenvalue weighted by atomic mass is 19.3. The zero-order valence-electron chi connectivity index (χ0n) is 5.90. The van der Waals surface area contributed by atoms with Crippen LogP contribution in [0, 0.1) is 0 Å². The number of halogens is 2. The van der Waals surface area contributed by atoms with Crippen LogP contribution in [-0.4, -0.2) is 22.9 Å². The number of hydrogen-bond donors (Lipinski definition) is 1. The van der Waals surface area contributed by atoms with Crippen molar-refractivity contribution in [2.24, 2.45) is 0 Å². The lowest BCUT2D eigenvalue weighted by molar-refractivity contribution is -0.150. The average molecular weight is 152 g/mol. The summed E-state index contributed by atoms with van der Waals surface area (Å²) in [6.07, 6.45) is -2.66. The van der Waals surface area contributed by atoms with E-state index in [9.17, 15) is 13.6 Å². The van der Waals surface area contributed by atoms with E-state index in [2.05, 4.69) is 0 Å². The molecule has 0 aromatic heterocycles. The molecule has 1 N–H and O–H groups in total. The quantitative estimate of drug-likeness (QED) is 0.654. The SMILES string of the molecule is CCC(F)(F)[C@H](O)C(C)=O. The maximum Gasteiger partial charge on any atom is 0.280 e. The Bertz CT molecular complexity index is 134. The molecule has 0 saturated heterocycles. The van der Waals surface area contributed by atoms with Crippen molar-refractivity contribution in [3.05, 3.63) is 0 Å². The van der Waals surface area contributed by atoms with Gasteiger partial charge in [0.25, 0.3) is 5.92 Å². The van der Waals surface area contributed by atoms with Gasteiger partial charge in [-0.1, -0.05) is 6.92 Å². The Balaban J connectivity index is 4.17. The molecule has 0 spiro atoms. The number of ketones is 1. The minimum atomic E-state index is -3.27. The van der Waals surface area contributed by atoms with Gasteiger partial charge in [-0.2, -0.15) is 0 Å². The number of Topliss-reactive ketones (excluding diaryl/α,β-unsaturated/α-hetero) is 1. The second-order valence-electron chi connectivity index (χ2n) is 2.13. The fraction of sp³-hybridized carbons (Fsp3) is 0.833. The number of carbonyl (C=O) groups is 1. The van der Waals surface area contributed by atoms with Crippen molar-refractivity contribution in [1.82, 2.24) is 0 Å². The standard InChI is InChI=1S/C6H10F2O2/c1-3-6(7,8)5(10)4(2)9/h5,10H,3H2,1-2H3/t5-/m1/s1. The van der Waals surface area contributed by atoms with Crippen molar-refractivity contribution in [1.29, 1.82) is 0 Å². The van der Waals surface area contributed by atoms with E-state index in [-0.39, 0.29) is 0 Å². The van der Waals surface area contributed by atoms with E-state index in [1.807, 2.05) is 0 Å². The molecule has 10 heavy (non-hydrogen) atoms. The van der Waals surface area contributed by atoms with Gasteiger partial charge in [-0.15, -0.1) is 0 Å². The number of carbonyl (C=O) groups excluding carboxylic acids is 1. The summed E-state index contributed by atoms with van der Waals surface area (Å²) < 4.78 is 24.7. The second-order valence-corrected chi connectivity index (χ2v) is 2.13. The molecule has 0 aromatic carbocycles. The molecule has 0 aliphatic heterocycles. The number of rotatable bonds is 3. The van der Waals surface area contributed by atoms with Crippen LogP contribution in [0.25, 0.3) is 0 Å². The maximum atomic E-state index is 12.3. The Labute approximate surface area is 57.9 Å². The first-order valence-corrected chi connectivity index (χ1v) is 2.98. The highest BCUT2D eigenvalue weighted by Gasteiger charge is 2.39. The van der Waals surface area contributed by atoms with Crippen molar-refractivity contribution in [3.8, 4) is 0 Å². The van der Waals surface area contributed by atoms with Crippen molar-refractivity contribution >= 4 is 5.78 Å². The van der Waals surface area contributed by atoms with E-state index in [4.69, 9.17) is 5.11 Å². The summed E-state index contributed by atoms with van der Waals surface area (Å²) >= 11 is 0. The zero-order chi connectivity index (χ0) is 8.36. The van der Waals surface area contributed by atoms with Crippen molar-refractivity contribution in [2.45, 2.75) is 32.3 Å². The lowest BCUT2D eigenvalue weighted by atomic mass is 10.1. The van der Waals surface area contributed by atoms with Crippen LogP contribution in [0.4, 0.5) is 8.78 Å². The highest BCUT2D eigenvalue weighted by molar-refractivity contribution is 5.81. The van der Waals surface area contributed by atoms with Crippen molar-refractivity contribution < 1.29 is 18.7 Å². The minimum Gasteiger partial charge on any atom is -0.379 e. The molecule has 60 valence electrons. The fourth-order valence-electron chi connectivity index (χ4n) is 0.491. The third-order valence-electron chi connectivity index (χ3n) is 1.26. The monoisotopic (exact) mass is 152 g/mol. The predicted octanol–water partition coefficient (Wildman–Crippen LogP) is 0.982. The van der Waals surface area contributed by atoms with E-state index in [0.717, 1.165) is 6.92 Å². The van der Waals surface area contributed by atoms with E-state index < -0.39 is 24.2 Å². The molecule has 0 bridgehead atoms. The topological polar surface area (TPSA) is 37.3 Å². The Morgan fingerprint density at radius 2 is 2.10 bits per heavy atom. The van der Waals surface area contributed by atoms with Gasteiger partial charge in [0, 0.05) is 6.42 Å². The van der Waals surface area contributed by atoms with Crippen LogP contribution in [0.1, 0.15) is 20.3 Å². The van der Waals surface area contributed by atoms with Crippen LogP contribution in [0.15, 0.2) is 0 Å². The predicted molar refractivity (Wildman–Crippen MR) is 31.9 cm³/mol. The van der Waals surface area contributed by atoms with Gasteiger partial charge in [0.15, 0.2) is 11.9 Å². The smallest absolute Gasteiger partial charge is 0.280 e. The first-order valence-electron chi connectivity index (χ1n) is 2.98. The van der Waals surface area contributed by atoms with Crippen LogP contribution in [-0.2, 0) is 4.79 Å². The largest absolute Gasteiger partial charge is 0.379 e. The van der Waals surface area contributed by atoms with E-state index in [0.29, 0.717) is 0 Å². The molecule has 0 amide bonds. The molecule has 0 aromatic rings. The highest BCUT2D eigenvalue weighted by Crippen LogP contribution is 2.22. The van der Waals surface area contributed by atoms with Gasteiger partial charge in [-0.3, -0.25) is 4.79 Å². The lowest BCUT2D eigenvalue weighted by Gasteiger charge is -2.17. The first kappa shape index (κ1) is 9.49. The summed E-state index contributed by atoms with van der Waals surface area (Å²) in [5, 5.41) is 8.55. The minimum absolute atomic E-state index is 0.520. The van der Waals surface area contributed by atoms with Crippen LogP contribution < -0.4 is 0 Å². The van der Waals surface area contributed by atoms with Gasteiger partial charge in [0.2, 0.25) is 0 Å². The molecule has 4 heteroatoms. The molecule has 0 fully saturated rings. The van der Waals surface area contributed by atoms with Crippen molar-refractivity contribution in [2.75, 3.05) is 0 Å². The summed E-state index contributed by atoms with van der Waals surface area (Å²) in [6.45, 7) is 2.15. The molecule has 2 nitrogen and oxygen atoms in total. The third kappa shape index (κ3) is 2.02. The summed E-state index contributed by atoms with van der Waals surface area (Å²) in [5.41, 5.74) is 0. The zero-order valence-corrected chi connectivity index (χ0v) is 5.90. The molecule has 0 unspecified atom stereocenters. The van der Waals surface area contributed by atoms with Gasteiger partial charge in [-0.05, 0) is 6.92 Å². The maximum absolute atomic E-state index is 12.3. The lowest BCUT2D eigenvalue weighted by Crippen LogP contribution is -2.38. The Morgan fingerprint density at radius 1 is 1.70 bits per heavy atom. The summed E-state index contributed by atoms with van der Waals surface area (Å²) in [7, 11) is 0. The molecular weight excluding hydrogens is 142 g/mol. The number of hydrogen-bond acceptors (Lipinski definition) is 2. The Hall–Kier alpha value is -0.510. The van der Waals surface area contributed by atoms with Gasteiger partial charge >= 0.3 is 0 Å². The van der Waals surface area contributed by atoms with E-state index in [1.165, 1.54) is 6.92 Å². The van der Waals surface area contributed by atoms with E-state index in [1.54, 1.807) is 0 Å². The number of aliphatic hydroxyl groups is 1. The molecule has 0 rings (SSSR count). The number of aliphatic hydroxyl groups excluding tert-OH is 1. The molecule has 0 aliphatic rings. The van der Waals surface area contributed by atoms with Crippen LogP contribution in [0.2, 0.25) is 0 Å². The summed E-state index contributed by atoms with van der Waals surface area (Å²) in [5.74, 6) is -4.17. The van der Waals surface area contributed by atoms with Gasteiger partial charge in [-0.25, -0.2) is 8.78 Å². The molecule has 0 aliphatic carbocycles. The van der Waals surface area contributed by atoms with Gasteiger partial charge < -0.3 is 5.11 Å². The normalized spacial score (nSPS) is 14.9. The molecule has 0 heterocycles. The summed E-state index contributed by atoms with van der Waals surface area (Å²) in [4.78, 5) is 10.2. The molecule has 1 atom stereocenters. The molecule has 0 radical (unpaired) electrons. The molecular formula is C6H10F2O2. The van der Waals surface area contributed by atoms with Crippen LogP contribution >= 0.6 is 0 Å². The van der Waals surface area contributed by atoms with Gasteiger partial charge in [0.1, 0.15) is 0 Å². The van der Waals surface area contributed by atoms with Crippen LogP contribution in [0.3, 0.4) is 0 Å².